The molecule has 3 rings (SSSR count). The van der Waals surface area contributed by atoms with E-state index < -0.39 is 33.7 Å². The van der Waals surface area contributed by atoms with Gasteiger partial charge in [-0.1, -0.05) is 36.4 Å². The molecule has 2 N–H and O–H groups in total. The minimum atomic E-state index is -3.37. The monoisotopic (exact) mass is 488 g/mol. The van der Waals surface area contributed by atoms with E-state index in [2.05, 4.69) is 15.6 Å². The molecule has 1 unspecified atom stereocenters. The van der Waals surface area contributed by atoms with Crippen molar-refractivity contribution in [2.24, 2.45) is 0 Å². The third-order valence-corrected chi connectivity index (χ3v) is 5.84. The van der Waals surface area contributed by atoms with Crippen LogP contribution in [-0.2, 0) is 32.5 Å². The molecule has 0 spiro atoms. The van der Waals surface area contributed by atoms with Crippen molar-refractivity contribution in [3.05, 3.63) is 84.2 Å². The second-order valence-electron chi connectivity index (χ2n) is 7.65. The first kappa shape index (κ1) is 24.9. The maximum Gasteiger partial charge on any atom is 0.408 e. The molecule has 0 aliphatic heterocycles. The van der Waals surface area contributed by atoms with E-state index in [1.807, 2.05) is 6.07 Å². The molecule has 1 atom stereocenters. The van der Waals surface area contributed by atoms with Gasteiger partial charge in [0.05, 0.1) is 17.8 Å². The number of aromatic nitrogens is 2. The lowest BCUT2D eigenvalue weighted by molar-refractivity contribution is -0.123. The highest BCUT2D eigenvalue weighted by atomic mass is 32.2. The largest absolute Gasteiger partial charge is 0.445 e. The molecule has 0 aliphatic carbocycles. The fourth-order valence-corrected chi connectivity index (χ4v) is 3.76. The van der Waals surface area contributed by atoms with Crippen LogP contribution in [0.25, 0.3) is 5.69 Å². The molecule has 0 fully saturated rings. The SMILES string of the molecule is CS(=O)(=O)CCC(NC(=O)OCc1ccccc1)C(=O)NCc1ccc(-n2ccnc2)c(F)c1. The number of nitrogens with one attached hydrogen (secondary N) is 2. The fraction of sp³-hybridized carbons (Fsp3) is 0.261. The van der Waals surface area contributed by atoms with E-state index in [1.165, 1.54) is 23.2 Å². The average Bonchev–Trinajstić information content (AvgIpc) is 3.33. The van der Waals surface area contributed by atoms with E-state index in [0.717, 1.165) is 11.8 Å². The van der Waals surface area contributed by atoms with Crippen molar-refractivity contribution >= 4 is 21.8 Å². The number of hydrogen-bond acceptors (Lipinski definition) is 6. The van der Waals surface area contributed by atoms with E-state index in [0.29, 0.717) is 11.3 Å². The third kappa shape index (κ3) is 7.69. The van der Waals surface area contributed by atoms with Crippen molar-refractivity contribution in [2.45, 2.75) is 25.6 Å². The van der Waals surface area contributed by atoms with Gasteiger partial charge in [-0.25, -0.2) is 22.6 Å². The summed E-state index contributed by atoms with van der Waals surface area (Å²) in [6.07, 6.45) is 4.65. The first-order chi connectivity index (χ1) is 16.2. The Hall–Kier alpha value is -3.73. The normalized spacial score (nSPS) is 12.1. The summed E-state index contributed by atoms with van der Waals surface area (Å²) in [5, 5.41) is 5.02. The summed E-state index contributed by atoms with van der Waals surface area (Å²) in [5.41, 5.74) is 1.56. The van der Waals surface area contributed by atoms with Gasteiger partial charge in [-0.05, 0) is 29.7 Å². The van der Waals surface area contributed by atoms with Crippen molar-refractivity contribution in [1.82, 2.24) is 20.2 Å². The quantitative estimate of drug-likeness (QED) is 0.452. The van der Waals surface area contributed by atoms with Crippen molar-refractivity contribution < 1.29 is 27.1 Å². The number of hydrogen-bond donors (Lipinski definition) is 2. The Bertz CT molecular complexity index is 1220. The molecule has 2 aromatic carbocycles. The summed E-state index contributed by atoms with van der Waals surface area (Å²) >= 11 is 0. The van der Waals surface area contributed by atoms with Crippen LogP contribution in [0, 0.1) is 5.82 Å². The van der Waals surface area contributed by atoms with Crippen LogP contribution in [0.2, 0.25) is 0 Å². The van der Waals surface area contributed by atoms with Crippen LogP contribution in [0.3, 0.4) is 0 Å². The van der Waals surface area contributed by atoms with Crippen LogP contribution < -0.4 is 10.6 Å². The fourth-order valence-electron chi connectivity index (χ4n) is 3.09. The zero-order valence-corrected chi connectivity index (χ0v) is 19.3. The van der Waals surface area contributed by atoms with Gasteiger partial charge in [0, 0.05) is 25.2 Å². The van der Waals surface area contributed by atoms with Gasteiger partial charge in [0.15, 0.2) is 0 Å². The third-order valence-electron chi connectivity index (χ3n) is 4.86. The van der Waals surface area contributed by atoms with Gasteiger partial charge in [0.1, 0.15) is 28.3 Å². The van der Waals surface area contributed by atoms with Crippen LogP contribution in [0.4, 0.5) is 9.18 Å². The number of imidazole rings is 1. The Balaban J connectivity index is 1.60. The first-order valence-corrected chi connectivity index (χ1v) is 12.5. The number of halogens is 1. The summed E-state index contributed by atoms with van der Waals surface area (Å²) in [7, 11) is -3.37. The highest BCUT2D eigenvalue weighted by Crippen LogP contribution is 2.15. The lowest BCUT2D eigenvalue weighted by Gasteiger charge is -2.18. The number of alkyl carbamates (subject to hydrolysis) is 1. The van der Waals surface area contributed by atoms with Gasteiger partial charge in [0.25, 0.3) is 0 Å². The van der Waals surface area contributed by atoms with Gasteiger partial charge >= 0.3 is 6.09 Å². The van der Waals surface area contributed by atoms with Crippen molar-refractivity contribution in [2.75, 3.05) is 12.0 Å². The van der Waals surface area contributed by atoms with Gasteiger partial charge in [-0.3, -0.25) is 4.79 Å². The molecule has 2 amide bonds. The number of rotatable bonds is 10. The Morgan fingerprint density at radius 3 is 2.56 bits per heavy atom. The molecular formula is C23H25FN4O5S. The van der Waals surface area contributed by atoms with Crippen LogP contribution >= 0.6 is 0 Å². The minimum Gasteiger partial charge on any atom is -0.445 e. The molecule has 11 heteroatoms. The number of ether oxygens (including phenoxy) is 1. The van der Waals surface area contributed by atoms with Gasteiger partial charge in [0.2, 0.25) is 5.91 Å². The summed E-state index contributed by atoms with van der Waals surface area (Å²) in [5.74, 6) is -1.42. The lowest BCUT2D eigenvalue weighted by Crippen LogP contribution is -2.47. The molecule has 1 heterocycles. The summed E-state index contributed by atoms with van der Waals surface area (Å²) < 4.78 is 44.2. The number of carbonyl (C=O) groups is 2. The second-order valence-corrected chi connectivity index (χ2v) is 9.91. The lowest BCUT2D eigenvalue weighted by atomic mass is 10.1. The van der Waals surface area contributed by atoms with Crippen molar-refractivity contribution in [3.63, 3.8) is 0 Å². The Morgan fingerprint density at radius 1 is 1.15 bits per heavy atom. The van der Waals surface area contributed by atoms with E-state index in [1.54, 1.807) is 42.6 Å². The molecule has 9 nitrogen and oxygen atoms in total. The molecule has 3 aromatic rings. The highest BCUT2D eigenvalue weighted by molar-refractivity contribution is 7.90. The van der Waals surface area contributed by atoms with E-state index >= 15 is 0 Å². The molecule has 0 aliphatic rings. The molecule has 0 saturated heterocycles. The summed E-state index contributed by atoms with van der Waals surface area (Å²) in [6.45, 7) is -0.0221. The standard InChI is InChI=1S/C23H25FN4O5S/c1-34(31,32)12-9-20(27-23(30)33-15-17-5-3-2-4-6-17)22(29)26-14-18-7-8-21(19(24)13-18)28-11-10-25-16-28/h2-8,10-11,13,16,20H,9,12,14-15H2,1H3,(H,26,29)(H,27,30). The number of sulfone groups is 1. The summed E-state index contributed by atoms with van der Waals surface area (Å²) in [4.78, 5) is 28.8. The van der Waals surface area contributed by atoms with Gasteiger partial charge < -0.3 is 19.9 Å². The smallest absolute Gasteiger partial charge is 0.408 e. The minimum absolute atomic E-state index is 0.00434. The number of benzene rings is 2. The number of nitrogens with zero attached hydrogens (tertiary/aromatic N) is 2. The molecule has 1 aromatic heterocycles. The number of carbonyl (C=O) groups excluding carboxylic acids is 2. The Labute approximate surface area is 196 Å². The molecule has 0 saturated carbocycles. The van der Waals surface area contributed by atoms with Crippen LogP contribution in [0.5, 0.6) is 0 Å². The Morgan fingerprint density at radius 2 is 1.91 bits per heavy atom. The zero-order valence-electron chi connectivity index (χ0n) is 18.5. The van der Waals surface area contributed by atoms with Crippen LogP contribution in [0.1, 0.15) is 17.5 Å². The molecule has 180 valence electrons. The van der Waals surface area contributed by atoms with E-state index in [4.69, 9.17) is 4.74 Å². The predicted octanol–water partition coefficient (Wildman–Crippen LogP) is 2.36. The first-order valence-electron chi connectivity index (χ1n) is 10.4. The van der Waals surface area contributed by atoms with Crippen molar-refractivity contribution in [1.29, 1.82) is 0 Å². The molecular weight excluding hydrogens is 463 g/mol. The maximum atomic E-state index is 14.4. The Kier molecular flexibility index (Phi) is 8.36. The second kappa shape index (κ2) is 11.4. The van der Waals surface area contributed by atoms with Crippen LogP contribution in [0.15, 0.2) is 67.3 Å². The van der Waals surface area contributed by atoms with Gasteiger partial charge in [-0.15, -0.1) is 0 Å². The topological polar surface area (TPSA) is 119 Å². The highest BCUT2D eigenvalue weighted by Gasteiger charge is 2.23. The van der Waals surface area contributed by atoms with E-state index in [-0.39, 0.29) is 25.3 Å². The summed E-state index contributed by atoms with van der Waals surface area (Å²) in [6, 6.07) is 12.3. The molecule has 0 radical (unpaired) electrons. The van der Waals surface area contributed by atoms with Crippen molar-refractivity contribution in [3.8, 4) is 5.69 Å². The molecule has 34 heavy (non-hydrogen) atoms. The molecule has 0 bridgehead atoms. The van der Waals surface area contributed by atoms with Crippen LogP contribution in [-0.4, -0.2) is 48.0 Å². The number of amides is 2. The maximum absolute atomic E-state index is 14.4. The van der Waals surface area contributed by atoms with E-state index in [9.17, 15) is 22.4 Å². The average molecular weight is 489 g/mol. The zero-order chi connectivity index (χ0) is 24.6. The predicted molar refractivity (Wildman–Crippen MR) is 123 cm³/mol. The van der Waals surface area contributed by atoms with Gasteiger partial charge in [-0.2, -0.15) is 0 Å².